The zero-order chi connectivity index (χ0) is 21.3. The fourth-order valence-electron chi connectivity index (χ4n) is 2.35. The summed E-state index contributed by atoms with van der Waals surface area (Å²) in [7, 11) is -3.59. The SMILES string of the molecule is CCOC(=O)NC(=O)COC(=O)/C=C/c1ccc(S(=O)(=O)N2CCOCC2)cc1. The molecule has 11 heteroatoms. The van der Waals surface area contributed by atoms with Gasteiger partial charge < -0.3 is 14.2 Å². The summed E-state index contributed by atoms with van der Waals surface area (Å²) in [5.41, 5.74) is 0.568. The van der Waals surface area contributed by atoms with Gasteiger partial charge in [0.05, 0.1) is 24.7 Å². The predicted octanol–water partition coefficient (Wildman–Crippen LogP) is 0.537. The Kier molecular flexibility index (Phi) is 8.31. The van der Waals surface area contributed by atoms with E-state index in [0.29, 0.717) is 31.9 Å². The normalized spacial score (nSPS) is 15.1. The summed E-state index contributed by atoms with van der Waals surface area (Å²) in [6.07, 6.45) is 1.58. The lowest BCUT2D eigenvalue weighted by Gasteiger charge is -2.26. The van der Waals surface area contributed by atoms with Crippen molar-refractivity contribution < 1.29 is 37.0 Å². The fraction of sp³-hybridized carbons (Fsp3) is 0.389. The molecule has 29 heavy (non-hydrogen) atoms. The quantitative estimate of drug-likeness (QED) is 0.494. The number of amides is 2. The molecular weight excluding hydrogens is 404 g/mol. The van der Waals surface area contributed by atoms with Crippen molar-refractivity contribution >= 4 is 34.1 Å². The number of esters is 1. The topological polar surface area (TPSA) is 128 Å². The zero-order valence-corrected chi connectivity index (χ0v) is 16.6. The van der Waals surface area contributed by atoms with Crippen LogP contribution in [-0.2, 0) is 33.8 Å². The van der Waals surface area contributed by atoms with Gasteiger partial charge in [-0.05, 0) is 30.7 Å². The zero-order valence-electron chi connectivity index (χ0n) is 15.8. The molecule has 0 atom stereocenters. The number of benzene rings is 1. The molecule has 1 heterocycles. The lowest BCUT2D eigenvalue weighted by atomic mass is 10.2. The predicted molar refractivity (Wildman–Crippen MR) is 101 cm³/mol. The van der Waals surface area contributed by atoms with E-state index in [9.17, 15) is 22.8 Å². The molecule has 1 saturated heterocycles. The molecular formula is C18H22N2O8S. The van der Waals surface area contributed by atoms with Crippen LogP contribution in [-0.4, -0.2) is 70.2 Å². The molecule has 0 aromatic heterocycles. The largest absolute Gasteiger partial charge is 0.452 e. The molecule has 0 saturated carbocycles. The van der Waals surface area contributed by atoms with Crippen molar-refractivity contribution in [1.29, 1.82) is 0 Å². The van der Waals surface area contributed by atoms with E-state index in [0.717, 1.165) is 6.08 Å². The second-order valence-corrected chi connectivity index (χ2v) is 7.73. The minimum Gasteiger partial charge on any atom is -0.452 e. The number of nitrogens with zero attached hydrogens (tertiary/aromatic N) is 1. The summed E-state index contributed by atoms with van der Waals surface area (Å²) in [4.78, 5) is 34.2. The lowest BCUT2D eigenvalue weighted by Crippen LogP contribution is -2.40. The number of alkyl carbamates (subject to hydrolysis) is 1. The Morgan fingerprint density at radius 2 is 1.79 bits per heavy atom. The molecule has 1 aromatic carbocycles. The maximum absolute atomic E-state index is 12.5. The van der Waals surface area contributed by atoms with Crippen molar-refractivity contribution in [2.75, 3.05) is 39.5 Å². The fourth-order valence-corrected chi connectivity index (χ4v) is 3.76. The van der Waals surface area contributed by atoms with Gasteiger partial charge in [-0.25, -0.2) is 18.0 Å². The third-order valence-electron chi connectivity index (χ3n) is 3.76. The van der Waals surface area contributed by atoms with Gasteiger partial charge in [-0.3, -0.25) is 10.1 Å². The summed E-state index contributed by atoms with van der Waals surface area (Å²) in [6.45, 7) is 2.38. The van der Waals surface area contributed by atoms with Gasteiger partial charge in [0.15, 0.2) is 6.61 Å². The number of carbonyl (C=O) groups excluding carboxylic acids is 3. The molecule has 2 amide bonds. The van der Waals surface area contributed by atoms with E-state index < -0.39 is 34.6 Å². The molecule has 0 bridgehead atoms. The van der Waals surface area contributed by atoms with Crippen molar-refractivity contribution in [3.8, 4) is 0 Å². The average Bonchev–Trinajstić information content (AvgIpc) is 2.72. The number of imide groups is 1. The first-order chi connectivity index (χ1) is 13.8. The average molecular weight is 426 g/mol. The van der Waals surface area contributed by atoms with Crippen LogP contribution in [0.4, 0.5) is 4.79 Å². The lowest BCUT2D eigenvalue weighted by molar-refractivity contribution is -0.143. The first-order valence-corrected chi connectivity index (χ1v) is 10.3. The Labute approximate surface area is 168 Å². The van der Waals surface area contributed by atoms with Crippen molar-refractivity contribution in [2.24, 2.45) is 0 Å². The molecule has 0 aliphatic carbocycles. The molecule has 158 valence electrons. The molecule has 0 spiro atoms. The number of nitrogens with one attached hydrogen (secondary N) is 1. The molecule has 0 unspecified atom stereocenters. The summed E-state index contributed by atoms with van der Waals surface area (Å²) in [5.74, 6) is -1.61. The second-order valence-electron chi connectivity index (χ2n) is 5.80. The van der Waals surface area contributed by atoms with Gasteiger partial charge in [-0.1, -0.05) is 12.1 Å². The highest BCUT2D eigenvalue weighted by atomic mass is 32.2. The van der Waals surface area contributed by atoms with Crippen LogP contribution in [0.3, 0.4) is 0 Å². The highest BCUT2D eigenvalue weighted by Crippen LogP contribution is 2.18. The van der Waals surface area contributed by atoms with Crippen molar-refractivity contribution in [3.05, 3.63) is 35.9 Å². The smallest absolute Gasteiger partial charge is 0.413 e. The maximum atomic E-state index is 12.5. The Morgan fingerprint density at radius 1 is 1.14 bits per heavy atom. The Balaban J connectivity index is 1.87. The maximum Gasteiger partial charge on any atom is 0.413 e. The van der Waals surface area contributed by atoms with Crippen molar-refractivity contribution in [3.63, 3.8) is 0 Å². The van der Waals surface area contributed by atoms with Gasteiger partial charge in [-0.2, -0.15) is 4.31 Å². The minimum atomic E-state index is -3.59. The van der Waals surface area contributed by atoms with Gasteiger partial charge in [0.2, 0.25) is 10.0 Å². The summed E-state index contributed by atoms with van der Waals surface area (Å²) < 4.78 is 40.8. The highest BCUT2D eigenvalue weighted by Gasteiger charge is 2.25. The number of sulfonamides is 1. The van der Waals surface area contributed by atoms with E-state index in [1.807, 2.05) is 5.32 Å². The Bertz CT molecular complexity index is 858. The summed E-state index contributed by atoms with van der Waals surface area (Å²) in [5, 5.41) is 1.89. The third-order valence-corrected chi connectivity index (χ3v) is 5.68. The molecule has 10 nitrogen and oxygen atoms in total. The first-order valence-electron chi connectivity index (χ1n) is 8.82. The molecule has 2 rings (SSSR count). The highest BCUT2D eigenvalue weighted by molar-refractivity contribution is 7.89. The summed E-state index contributed by atoms with van der Waals surface area (Å²) >= 11 is 0. The van der Waals surface area contributed by atoms with Crippen molar-refractivity contribution in [2.45, 2.75) is 11.8 Å². The van der Waals surface area contributed by atoms with Gasteiger partial charge >= 0.3 is 12.1 Å². The van der Waals surface area contributed by atoms with E-state index in [2.05, 4.69) is 4.74 Å². The van der Waals surface area contributed by atoms with Crippen LogP contribution < -0.4 is 5.32 Å². The van der Waals surface area contributed by atoms with Crippen LogP contribution in [0.15, 0.2) is 35.2 Å². The summed E-state index contributed by atoms with van der Waals surface area (Å²) in [6, 6.07) is 5.99. The third kappa shape index (κ3) is 6.97. The molecule has 1 aliphatic rings. The van der Waals surface area contributed by atoms with E-state index in [1.165, 1.54) is 22.5 Å². The number of rotatable bonds is 7. The number of hydrogen-bond acceptors (Lipinski definition) is 8. The molecule has 1 aliphatic heterocycles. The number of ether oxygens (including phenoxy) is 3. The van der Waals surface area contributed by atoms with Gasteiger partial charge in [0.25, 0.3) is 5.91 Å². The standard InChI is InChI=1S/C18H22N2O8S/c1-2-27-18(23)19-16(21)13-28-17(22)8-5-14-3-6-15(7-4-14)29(24,25)20-9-11-26-12-10-20/h3-8H,2,9-13H2,1H3,(H,19,21,23)/b8-5+. The monoisotopic (exact) mass is 426 g/mol. The van der Waals surface area contributed by atoms with E-state index in [-0.39, 0.29) is 11.5 Å². The van der Waals surface area contributed by atoms with E-state index >= 15 is 0 Å². The van der Waals surface area contributed by atoms with Crippen LogP contribution in [0.5, 0.6) is 0 Å². The molecule has 1 aromatic rings. The van der Waals surface area contributed by atoms with Crippen molar-refractivity contribution in [1.82, 2.24) is 9.62 Å². The molecule has 0 radical (unpaired) electrons. The van der Waals surface area contributed by atoms with Crippen LogP contribution in [0.25, 0.3) is 6.08 Å². The van der Waals surface area contributed by atoms with Crippen LogP contribution in [0.2, 0.25) is 0 Å². The second kappa shape index (κ2) is 10.7. The van der Waals surface area contributed by atoms with Gasteiger partial charge in [0.1, 0.15) is 0 Å². The Hall–Kier alpha value is -2.76. The van der Waals surface area contributed by atoms with Crippen LogP contribution in [0, 0.1) is 0 Å². The van der Waals surface area contributed by atoms with Gasteiger partial charge in [-0.15, -0.1) is 0 Å². The van der Waals surface area contributed by atoms with Crippen LogP contribution in [0.1, 0.15) is 12.5 Å². The molecule has 1 N–H and O–H groups in total. The molecule has 1 fully saturated rings. The number of hydrogen-bond donors (Lipinski definition) is 1. The van der Waals surface area contributed by atoms with Crippen LogP contribution >= 0.6 is 0 Å². The number of carbonyl (C=O) groups is 3. The van der Waals surface area contributed by atoms with E-state index in [1.54, 1.807) is 19.1 Å². The first kappa shape index (κ1) is 22.5. The van der Waals surface area contributed by atoms with E-state index in [4.69, 9.17) is 9.47 Å². The Morgan fingerprint density at radius 3 is 2.41 bits per heavy atom. The minimum absolute atomic E-state index is 0.105. The number of morpholine rings is 1. The van der Waals surface area contributed by atoms with Gasteiger partial charge in [0, 0.05) is 19.2 Å².